The number of rotatable bonds is 0. The van der Waals surface area contributed by atoms with Crippen molar-refractivity contribution in [3.63, 3.8) is 0 Å². The lowest BCUT2D eigenvalue weighted by atomic mass is 9.38. The highest BCUT2D eigenvalue weighted by Gasteiger charge is 2.42. The first-order valence-electron chi connectivity index (χ1n) is 10.8. The fourth-order valence-electron chi connectivity index (χ4n) is 5.79. The number of aromatic nitrogens is 2. The standard InChI is InChI=1S/C27H23BN2/c1-16-13-19-18-10-9-17(27(2,3)4)15-21(18)28-20-11-12-29-22-7-5-6-8-23(22)30(26(20)29)24(14-16)25(19)28/h5-15H,1-4H3. The van der Waals surface area contributed by atoms with Gasteiger partial charge in [0.2, 0.25) is 6.71 Å². The first kappa shape index (κ1) is 16.6. The Morgan fingerprint density at radius 3 is 2.40 bits per heavy atom. The van der Waals surface area contributed by atoms with E-state index in [4.69, 9.17) is 0 Å². The average Bonchev–Trinajstić information content (AvgIpc) is 3.37. The molecule has 0 bridgehead atoms. The number of imidazole rings is 1. The van der Waals surface area contributed by atoms with Gasteiger partial charge < -0.3 is 4.40 Å². The quantitative estimate of drug-likeness (QED) is 0.344. The molecule has 30 heavy (non-hydrogen) atoms. The van der Waals surface area contributed by atoms with Gasteiger partial charge in [0, 0.05) is 11.9 Å². The largest absolute Gasteiger partial charge is 0.301 e. The molecule has 2 nitrogen and oxygen atoms in total. The molecular weight excluding hydrogens is 363 g/mol. The van der Waals surface area contributed by atoms with Crippen molar-refractivity contribution < 1.29 is 0 Å². The number of hydrogen-bond donors (Lipinski definition) is 0. The monoisotopic (exact) mass is 386 g/mol. The zero-order chi connectivity index (χ0) is 20.4. The van der Waals surface area contributed by atoms with E-state index in [1.165, 1.54) is 61.0 Å². The van der Waals surface area contributed by atoms with Gasteiger partial charge in [0.05, 0.1) is 11.0 Å². The lowest BCUT2D eigenvalue weighted by Gasteiger charge is -2.24. The molecule has 4 heterocycles. The first-order valence-corrected chi connectivity index (χ1v) is 10.8. The van der Waals surface area contributed by atoms with Gasteiger partial charge in [-0.05, 0) is 69.8 Å². The lowest BCUT2D eigenvalue weighted by Crippen LogP contribution is -2.53. The zero-order valence-electron chi connectivity index (χ0n) is 17.8. The van der Waals surface area contributed by atoms with Crippen molar-refractivity contribution in [3.8, 4) is 16.8 Å². The van der Waals surface area contributed by atoms with E-state index >= 15 is 0 Å². The van der Waals surface area contributed by atoms with Crippen molar-refractivity contribution in [2.75, 3.05) is 0 Å². The molecule has 2 aliphatic rings. The van der Waals surface area contributed by atoms with E-state index in [0.717, 1.165) is 0 Å². The van der Waals surface area contributed by atoms with Crippen molar-refractivity contribution in [2.45, 2.75) is 33.1 Å². The van der Waals surface area contributed by atoms with Crippen LogP contribution in [0.5, 0.6) is 0 Å². The maximum Gasteiger partial charge on any atom is 0.250 e. The Morgan fingerprint density at radius 1 is 0.800 bits per heavy atom. The normalized spacial score (nSPS) is 13.9. The summed E-state index contributed by atoms with van der Waals surface area (Å²) in [7, 11) is 0. The molecule has 0 spiro atoms. The van der Waals surface area contributed by atoms with E-state index in [0.29, 0.717) is 6.71 Å². The molecule has 0 amide bonds. The van der Waals surface area contributed by atoms with Crippen LogP contribution in [0.15, 0.2) is 66.9 Å². The number of benzene rings is 3. The van der Waals surface area contributed by atoms with Gasteiger partial charge in [-0.25, -0.2) is 0 Å². The third-order valence-electron chi connectivity index (χ3n) is 7.15. The van der Waals surface area contributed by atoms with Gasteiger partial charge >= 0.3 is 0 Å². The minimum absolute atomic E-state index is 0.141. The van der Waals surface area contributed by atoms with Gasteiger partial charge in [-0.2, -0.15) is 0 Å². The minimum atomic E-state index is 0.141. The molecule has 0 N–H and O–H groups in total. The van der Waals surface area contributed by atoms with Gasteiger partial charge in [-0.3, -0.25) is 4.57 Å². The smallest absolute Gasteiger partial charge is 0.250 e. The molecule has 2 aliphatic heterocycles. The van der Waals surface area contributed by atoms with Crippen LogP contribution >= 0.6 is 0 Å². The average molecular weight is 386 g/mol. The number of hydrogen-bond acceptors (Lipinski definition) is 0. The van der Waals surface area contributed by atoms with Crippen LogP contribution in [-0.2, 0) is 5.41 Å². The van der Waals surface area contributed by atoms with E-state index in [1.807, 2.05) is 0 Å². The number of para-hydroxylation sites is 2. The summed E-state index contributed by atoms with van der Waals surface area (Å²) in [6.07, 6.45) is 2.26. The van der Waals surface area contributed by atoms with Crippen LogP contribution in [0.1, 0.15) is 31.9 Å². The van der Waals surface area contributed by atoms with Crippen molar-refractivity contribution in [3.05, 3.63) is 78.0 Å². The second kappa shape index (κ2) is 5.10. The van der Waals surface area contributed by atoms with E-state index in [1.54, 1.807) is 0 Å². The molecule has 144 valence electrons. The fraction of sp³-hybridized carbons (Fsp3) is 0.185. The summed E-state index contributed by atoms with van der Waals surface area (Å²) in [5.41, 5.74) is 15.3. The number of fused-ring (bicyclic) bond motifs is 8. The lowest BCUT2D eigenvalue weighted by molar-refractivity contribution is 0.591. The molecule has 0 unspecified atom stereocenters. The van der Waals surface area contributed by atoms with Crippen LogP contribution < -0.4 is 16.4 Å². The molecular formula is C27H23BN2. The van der Waals surface area contributed by atoms with Crippen molar-refractivity contribution in [1.82, 2.24) is 8.97 Å². The maximum atomic E-state index is 2.49. The summed E-state index contributed by atoms with van der Waals surface area (Å²) >= 11 is 0. The highest BCUT2D eigenvalue weighted by atomic mass is 15.1. The third-order valence-corrected chi connectivity index (χ3v) is 7.15. The molecule has 3 aromatic carbocycles. The molecule has 0 atom stereocenters. The van der Waals surface area contributed by atoms with Crippen LogP contribution in [0.3, 0.4) is 0 Å². The van der Waals surface area contributed by atoms with E-state index < -0.39 is 0 Å². The topological polar surface area (TPSA) is 9.34 Å². The highest BCUT2D eigenvalue weighted by molar-refractivity contribution is 7.01. The number of aryl methyl sites for hydroxylation is 1. The Balaban J connectivity index is 1.67. The minimum Gasteiger partial charge on any atom is -0.301 e. The van der Waals surface area contributed by atoms with Gasteiger partial charge in [0.25, 0.3) is 0 Å². The van der Waals surface area contributed by atoms with Crippen LogP contribution in [0.2, 0.25) is 0 Å². The zero-order valence-corrected chi connectivity index (χ0v) is 17.8. The van der Waals surface area contributed by atoms with Crippen LogP contribution in [-0.4, -0.2) is 15.7 Å². The highest BCUT2D eigenvalue weighted by Crippen LogP contribution is 2.35. The summed E-state index contributed by atoms with van der Waals surface area (Å²) < 4.78 is 4.87. The molecule has 5 aromatic rings. The summed E-state index contributed by atoms with van der Waals surface area (Å²) in [5, 5.41) is 0. The molecule has 7 rings (SSSR count). The Morgan fingerprint density at radius 2 is 1.60 bits per heavy atom. The summed E-state index contributed by atoms with van der Waals surface area (Å²) in [5.74, 6) is 0. The molecule has 0 fully saturated rings. The third kappa shape index (κ3) is 1.82. The van der Waals surface area contributed by atoms with Crippen molar-refractivity contribution in [1.29, 1.82) is 0 Å². The van der Waals surface area contributed by atoms with Crippen LogP contribution in [0.25, 0.3) is 33.5 Å². The second-order valence-electron chi connectivity index (χ2n) is 10.0. The first-order chi connectivity index (χ1) is 14.4. The predicted octanol–water partition coefficient (Wildman–Crippen LogP) is 4.30. The second-order valence-corrected chi connectivity index (χ2v) is 10.0. The Kier molecular flexibility index (Phi) is 2.82. The van der Waals surface area contributed by atoms with Gasteiger partial charge in [-0.15, -0.1) is 0 Å². The van der Waals surface area contributed by atoms with Gasteiger partial charge in [-0.1, -0.05) is 62.6 Å². The predicted molar refractivity (Wildman–Crippen MR) is 128 cm³/mol. The molecule has 0 aliphatic carbocycles. The summed E-state index contributed by atoms with van der Waals surface area (Å²) in [6.45, 7) is 9.46. The Labute approximate surface area is 176 Å². The Hall–Kier alpha value is -3.20. The van der Waals surface area contributed by atoms with Crippen LogP contribution in [0.4, 0.5) is 0 Å². The molecule has 0 saturated carbocycles. The number of nitrogens with zero attached hydrogens (tertiary/aromatic N) is 2. The molecule has 3 heteroatoms. The van der Waals surface area contributed by atoms with Crippen LogP contribution in [0, 0.1) is 6.92 Å². The van der Waals surface area contributed by atoms with E-state index in [-0.39, 0.29) is 5.41 Å². The Bertz CT molecular complexity index is 1540. The maximum absolute atomic E-state index is 2.49. The summed E-state index contributed by atoms with van der Waals surface area (Å²) in [4.78, 5) is 0. The molecule has 2 aromatic heterocycles. The molecule has 0 radical (unpaired) electrons. The molecule has 0 saturated heterocycles. The van der Waals surface area contributed by atoms with Gasteiger partial charge in [0.1, 0.15) is 5.65 Å². The van der Waals surface area contributed by atoms with Crippen molar-refractivity contribution in [2.24, 2.45) is 0 Å². The van der Waals surface area contributed by atoms with Crippen molar-refractivity contribution >= 4 is 39.8 Å². The van der Waals surface area contributed by atoms with Gasteiger partial charge in [0.15, 0.2) is 0 Å². The van der Waals surface area contributed by atoms with E-state index in [9.17, 15) is 0 Å². The van der Waals surface area contributed by atoms with E-state index in [2.05, 4.69) is 104 Å². The summed E-state index contributed by atoms with van der Waals surface area (Å²) in [6, 6.07) is 23.0. The fourth-order valence-corrected chi connectivity index (χ4v) is 5.79. The SMILES string of the molecule is Cc1cc2c3c(c1)-n1c4ccccc4n4ccc(c14)B3c1cc(C(C)(C)C)ccc1-2.